The first-order chi connectivity index (χ1) is 9.70. The van der Waals surface area contributed by atoms with E-state index >= 15 is 0 Å². The van der Waals surface area contributed by atoms with Gasteiger partial charge in [0.15, 0.2) is 11.5 Å². The molecule has 0 unspecified atom stereocenters. The van der Waals surface area contributed by atoms with Gasteiger partial charge >= 0.3 is 5.97 Å². The maximum Gasteiger partial charge on any atom is 0.305 e. The highest BCUT2D eigenvalue weighted by Gasteiger charge is 2.14. The summed E-state index contributed by atoms with van der Waals surface area (Å²) in [6, 6.07) is 3.58. The molecule has 0 atom stereocenters. The van der Waals surface area contributed by atoms with E-state index in [2.05, 4.69) is 5.32 Å². The third kappa shape index (κ3) is 3.69. The van der Waals surface area contributed by atoms with E-state index in [0.717, 1.165) is 5.69 Å². The van der Waals surface area contributed by atoms with Gasteiger partial charge in [0.25, 0.3) is 0 Å². The van der Waals surface area contributed by atoms with Gasteiger partial charge in [0, 0.05) is 25.1 Å². The SMILES string of the molecule is CCOC(=O)CCCNc1cc2c(cc1N)OCCO2. The van der Waals surface area contributed by atoms with Crippen LogP contribution in [0, 0.1) is 0 Å². The molecule has 20 heavy (non-hydrogen) atoms. The molecule has 0 spiro atoms. The number of esters is 1. The monoisotopic (exact) mass is 280 g/mol. The molecule has 0 bridgehead atoms. The van der Waals surface area contributed by atoms with Crippen LogP contribution in [0.1, 0.15) is 19.8 Å². The number of anilines is 2. The number of hydrogen-bond donors (Lipinski definition) is 2. The second-order valence-corrected chi connectivity index (χ2v) is 4.42. The summed E-state index contributed by atoms with van der Waals surface area (Å²) < 4.78 is 15.8. The van der Waals surface area contributed by atoms with Crippen molar-refractivity contribution >= 4 is 17.3 Å². The Kier molecular flexibility index (Phi) is 4.92. The summed E-state index contributed by atoms with van der Waals surface area (Å²) in [7, 11) is 0. The van der Waals surface area contributed by atoms with E-state index in [1.807, 2.05) is 6.07 Å². The number of nitrogens with two attached hydrogens (primary N) is 1. The number of carbonyl (C=O) groups excluding carboxylic acids is 1. The maximum absolute atomic E-state index is 11.2. The Balaban J connectivity index is 1.85. The van der Waals surface area contributed by atoms with Crippen molar-refractivity contribution in [3.63, 3.8) is 0 Å². The zero-order chi connectivity index (χ0) is 14.4. The van der Waals surface area contributed by atoms with Gasteiger partial charge in [-0.05, 0) is 13.3 Å². The predicted molar refractivity (Wildman–Crippen MR) is 76.2 cm³/mol. The van der Waals surface area contributed by atoms with Crippen molar-refractivity contribution in [2.45, 2.75) is 19.8 Å². The summed E-state index contributed by atoms with van der Waals surface area (Å²) >= 11 is 0. The summed E-state index contributed by atoms with van der Waals surface area (Å²) in [5, 5.41) is 3.19. The van der Waals surface area contributed by atoms with E-state index in [-0.39, 0.29) is 5.97 Å². The molecular formula is C14H20N2O4. The van der Waals surface area contributed by atoms with Gasteiger partial charge in [0.1, 0.15) is 13.2 Å². The molecule has 0 radical (unpaired) electrons. The van der Waals surface area contributed by atoms with Crippen LogP contribution < -0.4 is 20.5 Å². The molecule has 6 heteroatoms. The summed E-state index contributed by atoms with van der Waals surface area (Å²) in [6.45, 7) is 3.94. The van der Waals surface area contributed by atoms with E-state index < -0.39 is 0 Å². The van der Waals surface area contributed by atoms with Crippen LogP contribution in [0.2, 0.25) is 0 Å². The number of nitrogen functional groups attached to an aromatic ring is 1. The number of rotatable bonds is 6. The van der Waals surface area contributed by atoms with Crippen LogP contribution >= 0.6 is 0 Å². The van der Waals surface area contributed by atoms with Gasteiger partial charge in [-0.3, -0.25) is 4.79 Å². The summed E-state index contributed by atoms with van der Waals surface area (Å²) in [5.41, 5.74) is 7.34. The lowest BCUT2D eigenvalue weighted by atomic mass is 10.2. The second-order valence-electron chi connectivity index (χ2n) is 4.42. The Hall–Kier alpha value is -2.11. The number of carbonyl (C=O) groups is 1. The number of fused-ring (bicyclic) bond motifs is 1. The zero-order valence-electron chi connectivity index (χ0n) is 11.6. The minimum atomic E-state index is -0.176. The molecule has 0 amide bonds. The van der Waals surface area contributed by atoms with Gasteiger partial charge in [-0.2, -0.15) is 0 Å². The van der Waals surface area contributed by atoms with E-state index in [4.69, 9.17) is 19.9 Å². The Morgan fingerprint density at radius 2 is 2.05 bits per heavy atom. The molecule has 6 nitrogen and oxygen atoms in total. The molecule has 0 aliphatic carbocycles. The van der Waals surface area contributed by atoms with Gasteiger partial charge in [-0.1, -0.05) is 0 Å². The molecular weight excluding hydrogens is 260 g/mol. The Bertz CT molecular complexity index is 476. The van der Waals surface area contributed by atoms with E-state index in [9.17, 15) is 4.79 Å². The molecule has 0 saturated heterocycles. The molecule has 0 saturated carbocycles. The molecule has 1 aromatic rings. The van der Waals surface area contributed by atoms with Crippen molar-refractivity contribution in [1.29, 1.82) is 0 Å². The van der Waals surface area contributed by atoms with Crippen LogP contribution in [0.25, 0.3) is 0 Å². The quantitative estimate of drug-likeness (QED) is 0.469. The smallest absolute Gasteiger partial charge is 0.305 e. The Labute approximate surface area is 118 Å². The molecule has 2 rings (SSSR count). The zero-order valence-corrected chi connectivity index (χ0v) is 11.6. The number of ether oxygens (including phenoxy) is 3. The van der Waals surface area contributed by atoms with Crippen molar-refractivity contribution in [2.75, 3.05) is 37.4 Å². The highest BCUT2D eigenvalue weighted by Crippen LogP contribution is 2.36. The van der Waals surface area contributed by atoms with Crippen LogP contribution in [-0.2, 0) is 9.53 Å². The topological polar surface area (TPSA) is 82.8 Å². The van der Waals surface area contributed by atoms with Gasteiger partial charge < -0.3 is 25.3 Å². The largest absolute Gasteiger partial charge is 0.486 e. The van der Waals surface area contributed by atoms with E-state index in [1.165, 1.54) is 0 Å². The van der Waals surface area contributed by atoms with Crippen LogP contribution in [0.4, 0.5) is 11.4 Å². The fourth-order valence-electron chi connectivity index (χ4n) is 1.95. The number of benzene rings is 1. The third-order valence-electron chi connectivity index (χ3n) is 2.89. The molecule has 1 aliphatic heterocycles. The van der Waals surface area contributed by atoms with Crippen molar-refractivity contribution < 1.29 is 19.0 Å². The highest BCUT2D eigenvalue weighted by molar-refractivity contribution is 5.72. The molecule has 1 aliphatic rings. The summed E-state index contributed by atoms with van der Waals surface area (Å²) in [5.74, 6) is 1.19. The van der Waals surface area contributed by atoms with Gasteiger partial charge in [0.2, 0.25) is 0 Å². The lowest BCUT2D eigenvalue weighted by molar-refractivity contribution is -0.143. The molecule has 3 N–H and O–H groups in total. The first-order valence-corrected chi connectivity index (χ1v) is 6.79. The minimum absolute atomic E-state index is 0.176. The van der Waals surface area contributed by atoms with Crippen molar-refractivity contribution in [3.05, 3.63) is 12.1 Å². The fraction of sp³-hybridized carbons (Fsp3) is 0.500. The lowest BCUT2D eigenvalue weighted by Gasteiger charge is -2.20. The molecule has 0 fully saturated rings. The molecule has 110 valence electrons. The molecule has 0 aromatic heterocycles. The van der Waals surface area contributed by atoms with Gasteiger partial charge in [-0.15, -0.1) is 0 Å². The standard InChI is InChI=1S/C14H20N2O4/c1-2-18-14(17)4-3-5-16-11-9-13-12(8-10(11)15)19-6-7-20-13/h8-9,16H,2-7,15H2,1H3. The molecule has 1 heterocycles. The van der Waals surface area contributed by atoms with E-state index in [0.29, 0.717) is 56.4 Å². The maximum atomic E-state index is 11.2. The van der Waals surface area contributed by atoms with Crippen molar-refractivity contribution in [2.24, 2.45) is 0 Å². The van der Waals surface area contributed by atoms with Crippen LogP contribution in [0.3, 0.4) is 0 Å². The van der Waals surface area contributed by atoms with Gasteiger partial charge in [0.05, 0.1) is 18.0 Å². The third-order valence-corrected chi connectivity index (χ3v) is 2.89. The first kappa shape index (κ1) is 14.3. The Morgan fingerprint density at radius 3 is 2.75 bits per heavy atom. The lowest BCUT2D eigenvalue weighted by Crippen LogP contribution is -2.16. The Morgan fingerprint density at radius 1 is 1.35 bits per heavy atom. The predicted octanol–water partition coefficient (Wildman–Crippen LogP) is 1.80. The summed E-state index contributed by atoms with van der Waals surface area (Å²) in [6.07, 6.45) is 1.08. The highest BCUT2D eigenvalue weighted by atomic mass is 16.6. The molecule has 1 aromatic carbocycles. The van der Waals surface area contributed by atoms with Crippen molar-refractivity contribution in [1.82, 2.24) is 0 Å². The van der Waals surface area contributed by atoms with Crippen LogP contribution in [0.5, 0.6) is 11.5 Å². The normalized spacial score (nSPS) is 12.8. The first-order valence-electron chi connectivity index (χ1n) is 6.79. The average molecular weight is 280 g/mol. The van der Waals surface area contributed by atoms with E-state index in [1.54, 1.807) is 13.0 Å². The fourth-order valence-corrected chi connectivity index (χ4v) is 1.95. The van der Waals surface area contributed by atoms with Crippen LogP contribution in [0.15, 0.2) is 12.1 Å². The average Bonchev–Trinajstić information content (AvgIpc) is 2.44. The van der Waals surface area contributed by atoms with Gasteiger partial charge in [-0.25, -0.2) is 0 Å². The second kappa shape index (κ2) is 6.88. The minimum Gasteiger partial charge on any atom is -0.486 e. The van der Waals surface area contributed by atoms with Crippen molar-refractivity contribution in [3.8, 4) is 11.5 Å². The van der Waals surface area contributed by atoms with Crippen LogP contribution in [-0.4, -0.2) is 32.3 Å². The number of nitrogens with one attached hydrogen (secondary N) is 1. The summed E-state index contributed by atoms with van der Waals surface area (Å²) in [4.78, 5) is 11.2. The number of hydrogen-bond acceptors (Lipinski definition) is 6.